The van der Waals surface area contributed by atoms with Crippen molar-refractivity contribution in [2.75, 3.05) is 17.2 Å². The predicted octanol–water partition coefficient (Wildman–Crippen LogP) is 5.79. The Kier molecular flexibility index (Phi) is 6.31. The molecule has 1 aliphatic heterocycles. The fourth-order valence-electron chi connectivity index (χ4n) is 4.02. The molecule has 1 unspecified atom stereocenters. The van der Waals surface area contributed by atoms with Crippen molar-refractivity contribution in [2.45, 2.75) is 45.7 Å². The first kappa shape index (κ1) is 23.3. The third-order valence-electron chi connectivity index (χ3n) is 6.04. The van der Waals surface area contributed by atoms with Crippen molar-refractivity contribution in [1.29, 1.82) is 5.26 Å². The molecule has 0 saturated heterocycles. The molecule has 4 N–H and O–H groups in total. The summed E-state index contributed by atoms with van der Waals surface area (Å²) in [6, 6.07) is 11.0. The second-order valence-corrected chi connectivity index (χ2v) is 11.5. The van der Waals surface area contributed by atoms with Crippen LogP contribution in [0.5, 0.6) is 0 Å². The van der Waals surface area contributed by atoms with E-state index in [1.807, 2.05) is 23.3 Å². The highest BCUT2D eigenvalue weighted by molar-refractivity contribution is 14.1. The van der Waals surface area contributed by atoms with Gasteiger partial charge in [0.1, 0.15) is 11.9 Å². The van der Waals surface area contributed by atoms with Crippen LogP contribution in [0.4, 0.5) is 15.8 Å². The molecule has 36 heavy (non-hydrogen) atoms. The highest BCUT2D eigenvalue weighted by Crippen LogP contribution is 2.36. The van der Waals surface area contributed by atoms with Crippen LogP contribution in [0.1, 0.15) is 52.1 Å². The van der Waals surface area contributed by atoms with E-state index in [1.54, 1.807) is 18.3 Å². The van der Waals surface area contributed by atoms with Gasteiger partial charge in [-0.1, -0.05) is 32.9 Å². The summed E-state index contributed by atoms with van der Waals surface area (Å²) in [5.74, 6) is -0.359. The zero-order valence-electron chi connectivity index (χ0n) is 21.4. The molecule has 0 bridgehead atoms. The van der Waals surface area contributed by atoms with Crippen molar-refractivity contribution >= 4 is 44.9 Å². The average molecular weight is 598 g/mol. The van der Waals surface area contributed by atoms with E-state index in [0.29, 0.717) is 35.1 Å². The maximum absolute atomic E-state index is 13.8. The van der Waals surface area contributed by atoms with Crippen LogP contribution < -0.4 is 21.6 Å². The summed E-state index contributed by atoms with van der Waals surface area (Å²) in [4.78, 5) is 4.55. The Labute approximate surface area is 225 Å². The van der Waals surface area contributed by atoms with E-state index in [0.717, 1.165) is 33.0 Å². The van der Waals surface area contributed by atoms with Gasteiger partial charge in [0, 0.05) is 39.6 Å². The van der Waals surface area contributed by atoms with Crippen molar-refractivity contribution in [1.82, 2.24) is 21.0 Å². The maximum Gasteiger partial charge on any atom is 0.123 e. The summed E-state index contributed by atoms with van der Waals surface area (Å²) in [6.45, 7) is 7.06. The van der Waals surface area contributed by atoms with Gasteiger partial charge in [0.05, 0.1) is 29.9 Å². The minimum Gasteiger partial charge on any atom is -0.383 e. The Bertz CT molecular complexity index is 1410. The number of nitrogens with zero attached hydrogens (tertiary/aromatic N) is 3. The Morgan fingerprint density at radius 1 is 1.31 bits per heavy atom. The topological polar surface area (TPSA) is 88.0 Å². The molecule has 9 heteroatoms. The van der Waals surface area contributed by atoms with Crippen molar-refractivity contribution in [3.63, 3.8) is 0 Å². The normalized spacial score (nSPS) is 17.6. The Balaban J connectivity index is 1.60. The minimum absolute atomic E-state index is 0.00526. The third-order valence-corrected chi connectivity index (χ3v) is 6.86. The first-order valence-corrected chi connectivity index (χ1v) is 13.0. The van der Waals surface area contributed by atoms with Gasteiger partial charge in [-0.15, -0.1) is 5.53 Å². The van der Waals surface area contributed by atoms with E-state index < -0.39 is 6.02 Å². The number of pyridine rings is 1. The smallest absolute Gasteiger partial charge is 0.123 e. The van der Waals surface area contributed by atoms with E-state index in [-0.39, 0.29) is 11.2 Å². The van der Waals surface area contributed by atoms with Gasteiger partial charge in [-0.2, -0.15) is 5.26 Å². The highest BCUT2D eigenvalue weighted by Gasteiger charge is 2.32. The van der Waals surface area contributed by atoms with Crippen LogP contribution in [-0.2, 0) is 0 Å². The quantitative estimate of drug-likeness (QED) is 0.256. The van der Waals surface area contributed by atoms with Crippen LogP contribution in [0.2, 0.25) is 0 Å². The summed E-state index contributed by atoms with van der Waals surface area (Å²) in [5, 5.41) is 19.4. The van der Waals surface area contributed by atoms with Crippen molar-refractivity contribution < 1.29 is 5.76 Å². The van der Waals surface area contributed by atoms with Gasteiger partial charge in [0.2, 0.25) is 0 Å². The van der Waals surface area contributed by atoms with Crippen molar-refractivity contribution in [3.8, 4) is 6.07 Å². The maximum atomic E-state index is 13.8. The highest BCUT2D eigenvalue weighted by atomic mass is 127. The lowest BCUT2D eigenvalue weighted by molar-refractivity contribution is 0.260. The molecule has 1 atom stereocenters. The van der Waals surface area contributed by atoms with Gasteiger partial charge in [0.25, 0.3) is 0 Å². The molecule has 2 heterocycles. The van der Waals surface area contributed by atoms with Crippen LogP contribution in [0.25, 0.3) is 10.9 Å². The van der Waals surface area contributed by atoms with E-state index in [4.69, 9.17) is 0 Å². The molecule has 2 aromatic carbocycles. The molecule has 0 amide bonds. The number of hydrazine groups is 2. The molecule has 7 nitrogen and oxygen atoms in total. The van der Waals surface area contributed by atoms with Gasteiger partial charge in [-0.05, 0) is 70.7 Å². The fraction of sp³-hybridized carbons (Fsp3) is 0.333. The van der Waals surface area contributed by atoms with E-state index >= 15 is 0 Å². The number of anilines is 2. The summed E-state index contributed by atoms with van der Waals surface area (Å²) in [5.41, 5.74) is 10.1. The Morgan fingerprint density at radius 2 is 2.06 bits per heavy atom. The Hall–Kier alpha value is -3.10. The standard InChI is InChI=1S/C27H29FIN7/c1-27(2,3)15-32-24-17(12-30)13-31-26-21(24)10-19(11-22(26)29)33-25(16-4-6-18(28)7-5-16)23-14-36(35-34-23)20-8-9-20/h4-7,10-11,13-14,20,25,33-35H,8-9,15H2,1-3H3,(H,31,32)/i25D. The zero-order valence-corrected chi connectivity index (χ0v) is 22.6. The second kappa shape index (κ2) is 9.75. The molecule has 3 aromatic rings. The zero-order chi connectivity index (χ0) is 26.4. The molecule has 5 rings (SSSR count). The monoisotopic (exact) mass is 598 g/mol. The van der Waals surface area contributed by atoms with Gasteiger partial charge < -0.3 is 16.1 Å². The van der Waals surface area contributed by atoms with Gasteiger partial charge in [-0.25, -0.2) is 4.39 Å². The average Bonchev–Trinajstić information content (AvgIpc) is 3.58. The fourth-order valence-corrected chi connectivity index (χ4v) is 4.79. The third kappa shape index (κ3) is 5.34. The second-order valence-electron chi connectivity index (χ2n) is 10.4. The number of aromatic nitrogens is 1. The molecule has 1 fully saturated rings. The molecule has 186 valence electrons. The molecule has 1 saturated carbocycles. The molecular formula is C27H29FIN7. The van der Waals surface area contributed by atoms with Crippen LogP contribution in [-0.4, -0.2) is 22.6 Å². The molecule has 1 aromatic heterocycles. The number of hydrogen-bond acceptors (Lipinski definition) is 7. The first-order chi connectivity index (χ1) is 17.6. The number of nitrogens with one attached hydrogen (secondary N) is 4. The number of benzene rings is 2. The SMILES string of the molecule is [2H]C(Nc1cc(I)c2ncc(C#N)c(NCC(C)(C)C)c2c1)(C1=CN(C2CC2)NN1)c1ccc(F)cc1. The summed E-state index contributed by atoms with van der Waals surface area (Å²) < 4.78 is 24.2. The molecular weight excluding hydrogens is 568 g/mol. The first-order valence-electron chi connectivity index (χ1n) is 12.4. The number of rotatable bonds is 7. The summed E-state index contributed by atoms with van der Waals surface area (Å²) >= 11 is 2.23. The lowest BCUT2D eigenvalue weighted by atomic mass is 9.96. The van der Waals surface area contributed by atoms with Crippen LogP contribution in [0.3, 0.4) is 0 Å². The number of hydrogen-bond donors (Lipinski definition) is 4. The number of fused-ring (bicyclic) bond motifs is 1. The molecule has 2 aliphatic rings. The van der Waals surface area contributed by atoms with Gasteiger partial charge in [-0.3, -0.25) is 9.99 Å². The van der Waals surface area contributed by atoms with Crippen LogP contribution >= 0.6 is 22.6 Å². The molecule has 0 spiro atoms. The molecule has 0 radical (unpaired) electrons. The summed E-state index contributed by atoms with van der Waals surface area (Å²) in [6.07, 6.45) is 5.68. The minimum atomic E-state index is -1.44. The van der Waals surface area contributed by atoms with E-state index in [9.17, 15) is 11.0 Å². The largest absolute Gasteiger partial charge is 0.383 e. The van der Waals surface area contributed by atoms with E-state index in [2.05, 4.69) is 76.0 Å². The van der Waals surface area contributed by atoms with Crippen molar-refractivity contribution in [3.05, 3.63) is 75.0 Å². The van der Waals surface area contributed by atoms with Crippen LogP contribution in [0.15, 0.2) is 54.5 Å². The van der Waals surface area contributed by atoms with Gasteiger partial charge in [0.15, 0.2) is 0 Å². The summed E-state index contributed by atoms with van der Waals surface area (Å²) in [7, 11) is 0. The van der Waals surface area contributed by atoms with E-state index in [1.165, 1.54) is 12.1 Å². The van der Waals surface area contributed by atoms with Crippen LogP contribution in [0, 0.1) is 26.1 Å². The number of nitriles is 1. The predicted molar refractivity (Wildman–Crippen MR) is 149 cm³/mol. The lowest BCUT2D eigenvalue weighted by Gasteiger charge is -2.23. The van der Waals surface area contributed by atoms with Gasteiger partial charge >= 0.3 is 0 Å². The van der Waals surface area contributed by atoms with Crippen molar-refractivity contribution in [2.24, 2.45) is 5.41 Å². The lowest BCUT2D eigenvalue weighted by Crippen LogP contribution is -2.38. The number of halogens is 2. The Morgan fingerprint density at radius 3 is 2.72 bits per heavy atom. The molecule has 1 aliphatic carbocycles.